The van der Waals surface area contributed by atoms with Crippen LogP contribution in [0.2, 0.25) is 0 Å². The fourth-order valence-corrected chi connectivity index (χ4v) is 9.94. The van der Waals surface area contributed by atoms with E-state index in [4.69, 9.17) is 14.2 Å². The molecule has 0 aliphatic carbocycles. The van der Waals surface area contributed by atoms with Crippen LogP contribution < -0.4 is 0 Å². The van der Waals surface area contributed by atoms with Crippen LogP contribution in [0.1, 0.15) is 342 Å². The predicted molar refractivity (Wildman–Crippen MR) is 362 cm³/mol. The molecule has 0 saturated carbocycles. The third-order valence-corrected chi connectivity index (χ3v) is 15.2. The summed E-state index contributed by atoms with van der Waals surface area (Å²) in [4.78, 5) is 38.4. The molecule has 83 heavy (non-hydrogen) atoms. The van der Waals surface area contributed by atoms with Gasteiger partial charge in [0.1, 0.15) is 13.2 Å². The van der Waals surface area contributed by atoms with Crippen molar-refractivity contribution in [2.45, 2.75) is 348 Å². The van der Waals surface area contributed by atoms with Gasteiger partial charge in [-0.3, -0.25) is 14.4 Å². The molecule has 0 aromatic carbocycles. The average molecular weight is 1150 g/mol. The van der Waals surface area contributed by atoms with Crippen molar-refractivity contribution in [3.8, 4) is 0 Å². The first-order valence-electron chi connectivity index (χ1n) is 35.4. The quantitative estimate of drug-likeness (QED) is 0.0261. The second-order valence-electron chi connectivity index (χ2n) is 23.4. The molecule has 0 bridgehead atoms. The van der Waals surface area contributed by atoms with Crippen LogP contribution in [0.5, 0.6) is 0 Å². The summed E-state index contributed by atoms with van der Waals surface area (Å²) in [6.07, 6.45) is 96.9. The van der Waals surface area contributed by atoms with Gasteiger partial charge in [0.25, 0.3) is 0 Å². The van der Waals surface area contributed by atoms with Crippen molar-refractivity contribution >= 4 is 17.9 Å². The van der Waals surface area contributed by atoms with E-state index in [0.29, 0.717) is 19.3 Å². The Bertz CT molecular complexity index is 1660. The maximum absolute atomic E-state index is 13.0. The van der Waals surface area contributed by atoms with Crippen molar-refractivity contribution in [2.24, 2.45) is 0 Å². The van der Waals surface area contributed by atoms with Gasteiger partial charge < -0.3 is 14.2 Å². The molecule has 0 aromatic rings. The van der Waals surface area contributed by atoms with Crippen LogP contribution in [0.3, 0.4) is 0 Å². The fraction of sp³-hybridized carbons (Fsp3) is 0.727. The highest BCUT2D eigenvalue weighted by molar-refractivity contribution is 5.71. The van der Waals surface area contributed by atoms with Crippen LogP contribution in [0.4, 0.5) is 0 Å². The highest BCUT2D eigenvalue weighted by Crippen LogP contribution is 2.17. The highest BCUT2D eigenvalue weighted by atomic mass is 16.6. The number of carbonyl (C=O) groups is 3. The monoisotopic (exact) mass is 1150 g/mol. The molecular weight excluding hydrogens is 1020 g/mol. The van der Waals surface area contributed by atoms with E-state index in [0.717, 1.165) is 103 Å². The molecule has 0 fully saturated rings. The largest absolute Gasteiger partial charge is 0.462 e. The van der Waals surface area contributed by atoms with Crippen LogP contribution in [0.15, 0.2) is 109 Å². The molecule has 0 radical (unpaired) electrons. The second kappa shape index (κ2) is 70.6. The van der Waals surface area contributed by atoms with Crippen molar-refractivity contribution in [2.75, 3.05) is 13.2 Å². The lowest BCUT2D eigenvalue weighted by atomic mass is 10.0. The molecule has 1 atom stereocenters. The number of rotatable bonds is 64. The number of unbranched alkanes of at least 4 members (excludes halogenated alkanes) is 35. The number of ether oxygens (including phenoxy) is 3. The molecule has 0 saturated heterocycles. The second-order valence-corrected chi connectivity index (χ2v) is 23.4. The van der Waals surface area contributed by atoms with E-state index in [-0.39, 0.29) is 31.1 Å². The molecular formula is C77H132O6. The van der Waals surface area contributed by atoms with Gasteiger partial charge in [-0.15, -0.1) is 0 Å². The minimum Gasteiger partial charge on any atom is -0.462 e. The smallest absolute Gasteiger partial charge is 0.306 e. The maximum Gasteiger partial charge on any atom is 0.306 e. The minimum atomic E-state index is -0.801. The van der Waals surface area contributed by atoms with Crippen molar-refractivity contribution < 1.29 is 28.6 Å². The lowest BCUT2D eigenvalue weighted by Crippen LogP contribution is -2.30. The van der Waals surface area contributed by atoms with E-state index in [1.165, 1.54) is 199 Å². The van der Waals surface area contributed by atoms with E-state index >= 15 is 0 Å². The zero-order valence-electron chi connectivity index (χ0n) is 54.7. The van der Waals surface area contributed by atoms with Gasteiger partial charge in [0, 0.05) is 19.3 Å². The Balaban J connectivity index is 4.35. The summed E-state index contributed by atoms with van der Waals surface area (Å²) in [6, 6.07) is 0. The van der Waals surface area contributed by atoms with Gasteiger partial charge in [-0.2, -0.15) is 0 Å². The van der Waals surface area contributed by atoms with E-state index in [2.05, 4.69) is 130 Å². The zero-order chi connectivity index (χ0) is 59.9. The van der Waals surface area contributed by atoms with Gasteiger partial charge in [0.05, 0.1) is 0 Å². The third-order valence-electron chi connectivity index (χ3n) is 15.2. The molecule has 0 aromatic heterocycles. The number of allylic oxidation sites excluding steroid dienone is 18. The molecule has 0 rings (SSSR count). The first-order valence-corrected chi connectivity index (χ1v) is 35.4. The Morgan fingerprint density at radius 1 is 0.253 bits per heavy atom. The number of hydrogen-bond acceptors (Lipinski definition) is 6. The Morgan fingerprint density at radius 2 is 0.470 bits per heavy atom. The van der Waals surface area contributed by atoms with E-state index in [1.54, 1.807) is 0 Å². The van der Waals surface area contributed by atoms with E-state index < -0.39 is 6.10 Å². The highest BCUT2D eigenvalue weighted by Gasteiger charge is 2.19. The molecule has 6 heteroatoms. The molecule has 0 aliphatic heterocycles. The summed E-state index contributed by atoms with van der Waals surface area (Å²) in [7, 11) is 0. The van der Waals surface area contributed by atoms with E-state index in [1.807, 2.05) is 0 Å². The Hall–Kier alpha value is -3.93. The predicted octanol–water partition coefficient (Wildman–Crippen LogP) is 24.6. The summed E-state index contributed by atoms with van der Waals surface area (Å²) in [5.74, 6) is -0.927. The molecule has 0 aliphatic rings. The average Bonchev–Trinajstić information content (AvgIpc) is 3.49. The van der Waals surface area contributed by atoms with Gasteiger partial charge in [-0.25, -0.2) is 0 Å². The topological polar surface area (TPSA) is 78.9 Å². The third kappa shape index (κ3) is 68.7. The maximum atomic E-state index is 13.0. The fourth-order valence-electron chi connectivity index (χ4n) is 9.94. The number of hydrogen-bond donors (Lipinski definition) is 0. The van der Waals surface area contributed by atoms with E-state index in [9.17, 15) is 14.4 Å². The number of esters is 3. The Labute approximate surface area is 514 Å². The van der Waals surface area contributed by atoms with Gasteiger partial charge in [0.2, 0.25) is 0 Å². The molecule has 0 spiro atoms. The summed E-state index contributed by atoms with van der Waals surface area (Å²) < 4.78 is 16.9. The molecule has 1 unspecified atom stereocenters. The van der Waals surface area contributed by atoms with Crippen molar-refractivity contribution in [1.29, 1.82) is 0 Å². The lowest BCUT2D eigenvalue weighted by Gasteiger charge is -2.18. The van der Waals surface area contributed by atoms with Crippen LogP contribution in [0, 0.1) is 0 Å². The molecule has 0 N–H and O–H groups in total. The normalized spacial score (nSPS) is 12.8. The van der Waals surface area contributed by atoms with Crippen molar-refractivity contribution in [3.63, 3.8) is 0 Å². The standard InChI is InChI=1S/C77H132O6/c1-4-7-10-13-16-19-22-25-28-30-32-34-36-37-38-39-41-42-44-46-49-52-55-58-61-64-67-70-76(79)82-73-74(72-81-75(78)69-66-63-60-57-54-51-48-27-24-21-18-15-12-9-6-3)83-77(80)71-68-65-62-59-56-53-50-47-45-43-40-35-33-31-29-26-23-20-17-14-11-8-5-2/h9,12,18,21-23,25-27,30-33,36-37,48,54,57,74H,4-8,10-11,13-17,19-20,24,28-29,34-35,38-47,49-53,55-56,58-73H2,1-3H3/b12-9-,21-18-,25-22-,26-23-,32-30-,33-31-,37-36-,48-27-,57-54-. The Kier molecular flexibility index (Phi) is 67.2. The van der Waals surface area contributed by atoms with Crippen LogP contribution in [0.25, 0.3) is 0 Å². The molecule has 0 amide bonds. The van der Waals surface area contributed by atoms with Gasteiger partial charge in [0.15, 0.2) is 6.10 Å². The van der Waals surface area contributed by atoms with Gasteiger partial charge in [-0.1, -0.05) is 304 Å². The SMILES string of the molecule is CC/C=C\C/C=C\C/C=C\C/C=C\CCCCC(=O)OCC(COC(=O)CCCCCCCCCCCCCC/C=C\C/C=C\C/C=C\CCCCCCC)OC(=O)CCCCCCCCCCCCC/C=C\C/C=C\CCCCCCC. The minimum absolute atomic E-state index is 0.0926. The summed E-state index contributed by atoms with van der Waals surface area (Å²) in [6.45, 7) is 6.50. The van der Waals surface area contributed by atoms with Crippen LogP contribution >= 0.6 is 0 Å². The Morgan fingerprint density at radius 3 is 0.759 bits per heavy atom. The summed E-state index contributed by atoms with van der Waals surface area (Å²) in [5, 5.41) is 0. The molecule has 476 valence electrons. The van der Waals surface area contributed by atoms with Crippen LogP contribution in [-0.4, -0.2) is 37.2 Å². The zero-order valence-corrected chi connectivity index (χ0v) is 54.7. The lowest BCUT2D eigenvalue weighted by molar-refractivity contribution is -0.167. The number of carbonyl (C=O) groups excluding carboxylic acids is 3. The van der Waals surface area contributed by atoms with Crippen LogP contribution in [-0.2, 0) is 28.6 Å². The first-order chi connectivity index (χ1) is 41.0. The molecule has 6 nitrogen and oxygen atoms in total. The van der Waals surface area contributed by atoms with Gasteiger partial charge >= 0.3 is 17.9 Å². The summed E-state index contributed by atoms with van der Waals surface area (Å²) >= 11 is 0. The first kappa shape index (κ1) is 79.1. The van der Waals surface area contributed by atoms with Gasteiger partial charge in [-0.05, 0) is 128 Å². The van der Waals surface area contributed by atoms with Crippen molar-refractivity contribution in [3.05, 3.63) is 109 Å². The molecule has 0 heterocycles. The summed E-state index contributed by atoms with van der Waals surface area (Å²) in [5.41, 5.74) is 0. The van der Waals surface area contributed by atoms with Crippen molar-refractivity contribution in [1.82, 2.24) is 0 Å².